The van der Waals surface area contributed by atoms with Gasteiger partial charge in [-0.3, -0.25) is 0 Å². The molecule has 0 fully saturated rings. The lowest BCUT2D eigenvalue weighted by atomic mass is 10.0. The van der Waals surface area contributed by atoms with Crippen LogP contribution in [0.5, 0.6) is 0 Å². The van der Waals surface area contributed by atoms with Crippen LogP contribution in [-0.2, 0) is 19.6 Å². The maximum atomic E-state index is 5.83. The Kier molecular flexibility index (Phi) is 9.90. The van der Waals surface area contributed by atoms with Gasteiger partial charge in [-0.05, 0) is 46.5 Å². The lowest BCUT2D eigenvalue weighted by Crippen LogP contribution is -2.42. The van der Waals surface area contributed by atoms with Gasteiger partial charge in [-0.15, -0.1) is 0 Å². The van der Waals surface area contributed by atoms with Gasteiger partial charge in [-0.2, -0.15) is 9.78 Å². The molecule has 0 aliphatic rings. The third-order valence-electron chi connectivity index (χ3n) is 3.80. The molecule has 23 heavy (non-hydrogen) atoms. The second-order valence-corrected chi connectivity index (χ2v) is 8.21. The molecule has 0 aliphatic heterocycles. The van der Waals surface area contributed by atoms with Gasteiger partial charge in [0.1, 0.15) is 0 Å². The molecule has 0 saturated carbocycles. The highest BCUT2D eigenvalue weighted by Gasteiger charge is 2.38. The van der Waals surface area contributed by atoms with Gasteiger partial charge in [0.25, 0.3) is 0 Å². The molecule has 0 saturated heterocycles. The fourth-order valence-corrected chi connectivity index (χ4v) is 2.63. The quantitative estimate of drug-likeness (QED) is 0.229. The molecule has 0 heterocycles. The molecule has 0 aromatic carbocycles. The van der Waals surface area contributed by atoms with E-state index >= 15 is 0 Å². The maximum Gasteiger partial charge on any atom is 0.234 e. The highest BCUT2D eigenvalue weighted by Crippen LogP contribution is 2.32. The Morgan fingerprint density at radius 3 is 1.35 bits per heavy atom. The zero-order valence-corrected chi connectivity index (χ0v) is 17.0. The minimum Gasteiger partial charge on any atom is -0.228 e. The second kappa shape index (κ2) is 9.97. The lowest BCUT2D eigenvalue weighted by molar-refractivity contribution is -0.546. The van der Waals surface area contributed by atoms with Crippen molar-refractivity contribution < 1.29 is 19.6 Å². The Balaban J connectivity index is 4.94. The Morgan fingerprint density at radius 2 is 1.09 bits per heavy atom. The van der Waals surface area contributed by atoms with Gasteiger partial charge >= 0.3 is 0 Å². The molecule has 0 atom stereocenters. The van der Waals surface area contributed by atoms with Crippen LogP contribution in [-0.4, -0.2) is 17.0 Å². The molecular weight excluding hydrogens is 292 g/mol. The van der Waals surface area contributed by atoms with Crippen molar-refractivity contribution in [3.63, 3.8) is 0 Å². The van der Waals surface area contributed by atoms with Gasteiger partial charge in [0.05, 0.1) is 11.2 Å². The van der Waals surface area contributed by atoms with Crippen molar-refractivity contribution in [2.24, 2.45) is 5.92 Å². The van der Waals surface area contributed by atoms with E-state index in [4.69, 9.17) is 19.6 Å². The zero-order valence-electron chi connectivity index (χ0n) is 17.0. The molecule has 140 valence electrons. The maximum absolute atomic E-state index is 5.83. The first-order valence-corrected chi connectivity index (χ1v) is 9.25. The summed E-state index contributed by atoms with van der Waals surface area (Å²) in [6.45, 7) is 18.7. The summed E-state index contributed by atoms with van der Waals surface area (Å²) in [7, 11) is 0. The average molecular weight is 333 g/mol. The summed E-state index contributed by atoms with van der Waals surface area (Å²) in [4.78, 5) is 23.2. The predicted octanol–water partition coefficient (Wildman–Crippen LogP) is 6.19. The van der Waals surface area contributed by atoms with E-state index in [-0.39, 0.29) is 11.2 Å². The minimum absolute atomic E-state index is 0.339. The SMILES string of the molecule is CCCC(C)(C)OOC(CC)(CC(C)C)OOC(C)(C)CCC. The molecule has 0 amide bonds. The highest BCUT2D eigenvalue weighted by molar-refractivity contribution is 4.71. The summed E-state index contributed by atoms with van der Waals surface area (Å²) in [6, 6.07) is 0. The Hall–Kier alpha value is -0.160. The third-order valence-corrected chi connectivity index (χ3v) is 3.80. The first-order chi connectivity index (χ1) is 10.5. The summed E-state index contributed by atoms with van der Waals surface area (Å²) in [5, 5.41) is 0. The van der Waals surface area contributed by atoms with E-state index in [1.807, 2.05) is 34.6 Å². The van der Waals surface area contributed by atoms with Crippen LogP contribution < -0.4 is 0 Å². The van der Waals surface area contributed by atoms with Crippen LogP contribution >= 0.6 is 0 Å². The number of hydrogen-bond acceptors (Lipinski definition) is 4. The van der Waals surface area contributed by atoms with E-state index in [1.54, 1.807) is 0 Å². The average Bonchev–Trinajstić information content (AvgIpc) is 2.42. The number of hydrogen-bond donors (Lipinski definition) is 0. The van der Waals surface area contributed by atoms with Crippen molar-refractivity contribution in [3.05, 3.63) is 0 Å². The fraction of sp³-hybridized carbons (Fsp3) is 1.00. The van der Waals surface area contributed by atoms with Crippen molar-refractivity contribution in [3.8, 4) is 0 Å². The van der Waals surface area contributed by atoms with Crippen molar-refractivity contribution >= 4 is 0 Å². The summed E-state index contributed by atoms with van der Waals surface area (Å²) < 4.78 is 0. The van der Waals surface area contributed by atoms with Crippen LogP contribution in [0.3, 0.4) is 0 Å². The van der Waals surface area contributed by atoms with Gasteiger partial charge in [0.15, 0.2) is 0 Å². The van der Waals surface area contributed by atoms with Crippen LogP contribution in [0.15, 0.2) is 0 Å². The molecule has 0 rings (SSSR count). The van der Waals surface area contributed by atoms with Crippen LogP contribution in [0.1, 0.15) is 101 Å². The van der Waals surface area contributed by atoms with Crippen LogP contribution in [0.2, 0.25) is 0 Å². The van der Waals surface area contributed by atoms with E-state index in [2.05, 4.69) is 27.7 Å². The predicted molar refractivity (Wildman–Crippen MR) is 94.8 cm³/mol. The molecule has 4 heteroatoms. The van der Waals surface area contributed by atoms with Gasteiger partial charge in [-0.25, -0.2) is 9.78 Å². The van der Waals surface area contributed by atoms with E-state index < -0.39 is 5.79 Å². The smallest absolute Gasteiger partial charge is 0.228 e. The lowest BCUT2D eigenvalue weighted by Gasteiger charge is -2.37. The van der Waals surface area contributed by atoms with Crippen molar-refractivity contribution in [2.75, 3.05) is 0 Å². The molecule has 0 radical (unpaired) electrons. The van der Waals surface area contributed by atoms with E-state index in [0.29, 0.717) is 18.8 Å². The van der Waals surface area contributed by atoms with Gasteiger partial charge in [-0.1, -0.05) is 47.5 Å². The molecule has 0 aliphatic carbocycles. The highest BCUT2D eigenvalue weighted by atomic mass is 17.3. The number of rotatable bonds is 13. The second-order valence-electron chi connectivity index (χ2n) is 8.21. The van der Waals surface area contributed by atoms with E-state index in [9.17, 15) is 0 Å². The molecule has 0 aromatic rings. The van der Waals surface area contributed by atoms with Crippen molar-refractivity contribution in [1.29, 1.82) is 0 Å². The van der Waals surface area contributed by atoms with E-state index in [1.165, 1.54) is 0 Å². The standard InChI is InChI=1S/C19H40O4/c1-10-13-17(6,7)20-22-19(12-3,15-16(4)5)23-21-18(8,9)14-11-2/h16H,10-15H2,1-9H3. The third kappa shape index (κ3) is 9.65. The van der Waals surface area contributed by atoms with Gasteiger partial charge in [0, 0.05) is 12.8 Å². The first-order valence-electron chi connectivity index (χ1n) is 9.25. The summed E-state index contributed by atoms with van der Waals surface area (Å²) in [6.07, 6.45) is 5.32. The largest absolute Gasteiger partial charge is 0.234 e. The van der Waals surface area contributed by atoms with Crippen LogP contribution in [0.25, 0.3) is 0 Å². The topological polar surface area (TPSA) is 36.9 Å². The normalized spacial score (nSPS) is 13.8. The summed E-state index contributed by atoms with van der Waals surface area (Å²) >= 11 is 0. The summed E-state index contributed by atoms with van der Waals surface area (Å²) in [5.74, 6) is -0.463. The minimum atomic E-state index is -0.871. The fourth-order valence-electron chi connectivity index (χ4n) is 2.63. The molecular formula is C19H40O4. The molecule has 0 unspecified atom stereocenters. The Labute approximate surface area is 144 Å². The van der Waals surface area contributed by atoms with E-state index in [0.717, 1.165) is 25.7 Å². The van der Waals surface area contributed by atoms with Crippen LogP contribution in [0, 0.1) is 5.92 Å². The van der Waals surface area contributed by atoms with Crippen LogP contribution in [0.4, 0.5) is 0 Å². The monoisotopic (exact) mass is 332 g/mol. The Bertz CT molecular complexity index is 288. The zero-order chi connectivity index (χ0) is 18.1. The first kappa shape index (κ1) is 22.8. The Morgan fingerprint density at radius 1 is 0.696 bits per heavy atom. The molecule has 0 spiro atoms. The molecule has 0 bridgehead atoms. The van der Waals surface area contributed by atoms with Gasteiger partial charge < -0.3 is 0 Å². The van der Waals surface area contributed by atoms with Crippen molar-refractivity contribution in [1.82, 2.24) is 0 Å². The molecule has 4 nitrogen and oxygen atoms in total. The van der Waals surface area contributed by atoms with Gasteiger partial charge in [0.2, 0.25) is 5.79 Å². The molecule has 0 N–H and O–H groups in total. The van der Waals surface area contributed by atoms with Crippen molar-refractivity contribution in [2.45, 2.75) is 118 Å². The summed E-state index contributed by atoms with van der Waals surface area (Å²) in [5.41, 5.74) is -0.678. The molecule has 0 aromatic heterocycles.